The van der Waals surface area contributed by atoms with E-state index in [4.69, 9.17) is 23.8 Å². The molecule has 2 rings (SSSR count). The molecular weight excluding hydrogens is 278 g/mol. The van der Waals surface area contributed by atoms with Crippen molar-refractivity contribution < 1.29 is 9.72 Å². The molecule has 1 aliphatic rings. The summed E-state index contributed by atoms with van der Waals surface area (Å²) in [6, 6.07) is 4.25. The van der Waals surface area contributed by atoms with E-state index < -0.39 is 4.92 Å². The lowest BCUT2D eigenvalue weighted by Gasteiger charge is -1.99. The zero-order valence-electron chi connectivity index (χ0n) is 8.77. The number of carbonyl (C=O) groups excluding carboxylic acids is 1. The maximum Gasteiger partial charge on any atom is 0.288 e. The SMILES string of the molecule is O=C1NC(=S)NC1=Cc1ccc(Cl)c([N+](=O)[O-])c1. The normalized spacial score (nSPS) is 16.6. The molecule has 1 aliphatic heterocycles. The fourth-order valence-corrected chi connectivity index (χ4v) is 1.80. The van der Waals surface area contributed by atoms with E-state index in [0.717, 1.165) is 0 Å². The van der Waals surface area contributed by atoms with Gasteiger partial charge in [0, 0.05) is 6.07 Å². The van der Waals surface area contributed by atoms with Crippen LogP contribution >= 0.6 is 23.8 Å². The number of carbonyl (C=O) groups is 1. The lowest BCUT2D eigenvalue weighted by molar-refractivity contribution is -0.384. The van der Waals surface area contributed by atoms with Gasteiger partial charge in [-0.2, -0.15) is 0 Å². The summed E-state index contributed by atoms with van der Waals surface area (Å²) in [5, 5.41) is 16.0. The van der Waals surface area contributed by atoms with E-state index in [2.05, 4.69) is 10.6 Å². The van der Waals surface area contributed by atoms with Crippen LogP contribution in [0.4, 0.5) is 5.69 Å². The molecule has 0 atom stereocenters. The van der Waals surface area contributed by atoms with Gasteiger partial charge in [-0.1, -0.05) is 17.7 Å². The largest absolute Gasteiger partial charge is 0.328 e. The summed E-state index contributed by atoms with van der Waals surface area (Å²) in [5.74, 6) is -0.377. The molecule has 1 amide bonds. The first-order chi connectivity index (χ1) is 8.47. The fraction of sp³-hybridized carbons (Fsp3) is 0. The number of nitrogens with zero attached hydrogens (tertiary/aromatic N) is 1. The number of hydrogen-bond donors (Lipinski definition) is 2. The minimum absolute atomic E-state index is 0.0431. The van der Waals surface area contributed by atoms with Crippen LogP contribution in [-0.2, 0) is 4.79 Å². The molecule has 6 nitrogen and oxygen atoms in total. The molecule has 18 heavy (non-hydrogen) atoms. The molecule has 2 N–H and O–H groups in total. The molecule has 1 aromatic rings. The Morgan fingerprint density at radius 1 is 1.39 bits per heavy atom. The summed E-state index contributed by atoms with van der Waals surface area (Å²) in [6.45, 7) is 0. The first kappa shape index (κ1) is 12.5. The maximum atomic E-state index is 11.4. The molecule has 0 radical (unpaired) electrons. The quantitative estimate of drug-likeness (QED) is 0.373. The average molecular weight is 284 g/mol. The summed E-state index contributed by atoms with van der Waals surface area (Å²) in [4.78, 5) is 21.5. The summed E-state index contributed by atoms with van der Waals surface area (Å²) < 4.78 is 0. The molecule has 0 saturated carbocycles. The number of nitro groups is 1. The van der Waals surface area contributed by atoms with E-state index in [1.165, 1.54) is 18.2 Å². The predicted molar refractivity (Wildman–Crippen MR) is 70.0 cm³/mol. The van der Waals surface area contributed by atoms with Crippen molar-refractivity contribution in [3.05, 3.63) is 44.6 Å². The van der Waals surface area contributed by atoms with Gasteiger partial charge in [-0.05, 0) is 29.9 Å². The van der Waals surface area contributed by atoms with Gasteiger partial charge in [0.05, 0.1) is 4.92 Å². The van der Waals surface area contributed by atoms with Crippen molar-refractivity contribution in [3.8, 4) is 0 Å². The second-order valence-corrected chi connectivity index (χ2v) is 4.25. The number of hydrogen-bond acceptors (Lipinski definition) is 4. The van der Waals surface area contributed by atoms with Crippen LogP contribution in [0.5, 0.6) is 0 Å². The highest BCUT2D eigenvalue weighted by atomic mass is 35.5. The summed E-state index contributed by atoms with van der Waals surface area (Å²) in [7, 11) is 0. The van der Waals surface area contributed by atoms with Crippen molar-refractivity contribution in [2.75, 3.05) is 0 Å². The van der Waals surface area contributed by atoms with E-state index in [1.54, 1.807) is 6.07 Å². The van der Waals surface area contributed by atoms with Crippen LogP contribution in [0.15, 0.2) is 23.9 Å². The van der Waals surface area contributed by atoms with Gasteiger partial charge < -0.3 is 5.32 Å². The molecule has 0 bridgehead atoms. The Kier molecular flexibility index (Phi) is 3.26. The average Bonchev–Trinajstić information content (AvgIpc) is 2.60. The standard InChI is InChI=1S/C10H6ClN3O3S/c11-6-2-1-5(4-8(6)14(16)17)3-7-9(15)13-10(18)12-7/h1-4H,(H2,12,13,15,18). The number of benzene rings is 1. The third kappa shape index (κ3) is 2.47. The molecule has 1 heterocycles. The lowest BCUT2D eigenvalue weighted by atomic mass is 10.1. The Hall–Kier alpha value is -1.99. The Morgan fingerprint density at radius 2 is 2.11 bits per heavy atom. The zero-order valence-corrected chi connectivity index (χ0v) is 10.3. The molecule has 8 heteroatoms. The molecule has 92 valence electrons. The van der Waals surface area contributed by atoms with Gasteiger partial charge >= 0.3 is 0 Å². The summed E-state index contributed by atoms with van der Waals surface area (Å²) >= 11 is 10.4. The highest BCUT2D eigenvalue weighted by Crippen LogP contribution is 2.26. The zero-order chi connectivity index (χ0) is 13.3. The van der Waals surface area contributed by atoms with Crippen LogP contribution in [0.25, 0.3) is 6.08 Å². The molecule has 0 aromatic heterocycles. The second-order valence-electron chi connectivity index (χ2n) is 3.43. The minimum atomic E-state index is -0.586. The summed E-state index contributed by atoms with van der Waals surface area (Å²) in [5.41, 5.74) is 0.497. The maximum absolute atomic E-state index is 11.4. The molecular formula is C10H6ClN3O3S. The van der Waals surface area contributed by atoms with Crippen molar-refractivity contribution in [1.82, 2.24) is 10.6 Å². The molecule has 0 aliphatic carbocycles. The van der Waals surface area contributed by atoms with E-state index in [-0.39, 0.29) is 27.4 Å². The predicted octanol–water partition coefficient (Wildman–Crippen LogP) is 1.59. The van der Waals surface area contributed by atoms with Crippen LogP contribution < -0.4 is 10.6 Å². The van der Waals surface area contributed by atoms with Gasteiger partial charge in [-0.3, -0.25) is 20.2 Å². The second kappa shape index (κ2) is 4.71. The lowest BCUT2D eigenvalue weighted by Crippen LogP contribution is -2.21. The van der Waals surface area contributed by atoms with E-state index >= 15 is 0 Å². The highest BCUT2D eigenvalue weighted by molar-refractivity contribution is 7.80. The molecule has 1 fully saturated rings. The molecule has 0 spiro atoms. The van der Waals surface area contributed by atoms with Crippen LogP contribution in [0.1, 0.15) is 5.56 Å². The van der Waals surface area contributed by atoms with E-state index in [1.807, 2.05) is 0 Å². The Bertz CT molecular complexity index is 600. The smallest absolute Gasteiger partial charge is 0.288 e. The third-order valence-electron chi connectivity index (χ3n) is 2.20. The fourth-order valence-electron chi connectivity index (χ4n) is 1.41. The number of amides is 1. The van der Waals surface area contributed by atoms with Gasteiger partial charge in [0.2, 0.25) is 0 Å². The number of halogens is 1. The first-order valence-corrected chi connectivity index (χ1v) is 5.54. The molecule has 1 aromatic carbocycles. The van der Waals surface area contributed by atoms with Gasteiger partial charge in [0.1, 0.15) is 10.7 Å². The topological polar surface area (TPSA) is 84.3 Å². The Balaban J connectivity index is 2.38. The van der Waals surface area contributed by atoms with Gasteiger partial charge in [0.15, 0.2) is 5.11 Å². The van der Waals surface area contributed by atoms with Gasteiger partial charge in [-0.25, -0.2) is 0 Å². The number of nitrogens with one attached hydrogen (secondary N) is 2. The van der Waals surface area contributed by atoms with Crippen LogP contribution in [0.3, 0.4) is 0 Å². The van der Waals surface area contributed by atoms with Crippen molar-refractivity contribution in [2.45, 2.75) is 0 Å². The van der Waals surface area contributed by atoms with Gasteiger partial charge in [0.25, 0.3) is 11.6 Å². The Morgan fingerprint density at radius 3 is 2.67 bits per heavy atom. The first-order valence-electron chi connectivity index (χ1n) is 4.75. The Labute approximate surface area is 112 Å². The third-order valence-corrected chi connectivity index (χ3v) is 2.72. The van der Waals surface area contributed by atoms with Crippen molar-refractivity contribution >= 4 is 46.6 Å². The monoisotopic (exact) mass is 283 g/mol. The number of nitro benzene ring substituents is 1. The summed E-state index contributed by atoms with van der Waals surface area (Å²) in [6.07, 6.45) is 1.46. The van der Waals surface area contributed by atoms with Crippen molar-refractivity contribution in [2.24, 2.45) is 0 Å². The highest BCUT2D eigenvalue weighted by Gasteiger charge is 2.20. The van der Waals surface area contributed by atoms with E-state index in [9.17, 15) is 14.9 Å². The van der Waals surface area contributed by atoms with Crippen molar-refractivity contribution in [3.63, 3.8) is 0 Å². The van der Waals surface area contributed by atoms with Gasteiger partial charge in [-0.15, -0.1) is 0 Å². The van der Waals surface area contributed by atoms with E-state index in [0.29, 0.717) is 5.56 Å². The molecule has 0 unspecified atom stereocenters. The van der Waals surface area contributed by atoms with Crippen LogP contribution in [0.2, 0.25) is 5.02 Å². The number of thiocarbonyl (C=S) groups is 1. The molecule has 1 saturated heterocycles. The van der Waals surface area contributed by atoms with Crippen LogP contribution in [0, 0.1) is 10.1 Å². The minimum Gasteiger partial charge on any atom is -0.328 e. The number of rotatable bonds is 2. The van der Waals surface area contributed by atoms with Crippen LogP contribution in [-0.4, -0.2) is 15.9 Å². The van der Waals surface area contributed by atoms with Crippen molar-refractivity contribution in [1.29, 1.82) is 0 Å².